The summed E-state index contributed by atoms with van der Waals surface area (Å²) >= 11 is 6.14. The first-order chi connectivity index (χ1) is 9.05. The SMILES string of the molecule is CC1(C)Nc2ccc(Cl)cc2[C@H](c2ccccc2)N1. The van der Waals surface area contributed by atoms with Crippen LogP contribution in [0.5, 0.6) is 0 Å². The first-order valence-electron chi connectivity index (χ1n) is 6.45. The quantitative estimate of drug-likeness (QED) is 0.814. The second-order valence-electron chi connectivity index (χ2n) is 5.47. The van der Waals surface area contributed by atoms with Crippen LogP contribution in [0.25, 0.3) is 0 Å². The summed E-state index contributed by atoms with van der Waals surface area (Å²) in [7, 11) is 0. The molecule has 3 rings (SSSR count). The lowest BCUT2D eigenvalue weighted by atomic mass is 9.92. The normalized spacial score (nSPS) is 20.5. The molecule has 2 nitrogen and oxygen atoms in total. The van der Waals surface area contributed by atoms with Crippen LogP contribution in [0.1, 0.15) is 31.0 Å². The zero-order valence-electron chi connectivity index (χ0n) is 11.1. The van der Waals surface area contributed by atoms with Gasteiger partial charge in [-0.25, -0.2) is 0 Å². The summed E-state index contributed by atoms with van der Waals surface area (Å²) in [5, 5.41) is 7.88. The van der Waals surface area contributed by atoms with Gasteiger partial charge in [0.15, 0.2) is 0 Å². The van der Waals surface area contributed by atoms with Crippen LogP contribution < -0.4 is 10.6 Å². The molecule has 0 aliphatic carbocycles. The molecule has 0 spiro atoms. The van der Waals surface area contributed by atoms with Gasteiger partial charge in [0.1, 0.15) is 0 Å². The Morgan fingerprint density at radius 3 is 2.53 bits per heavy atom. The fraction of sp³-hybridized carbons (Fsp3) is 0.250. The Kier molecular flexibility index (Phi) is 3.00. The highest BCUT2D eigenvalue weighted by molar-refractivity contribution is 6.30. The van der Waals surface area contributed by atoms with Gasteiger partial charge in [0.25, 0.3) is 0 Å². The largest absolute Gasteiger partial charge is 0.367 e. The van der Waals surface area contributed by atoms with Crippen molar-refractivity contribution < 1.29 is 0 Å². The van der Waals surface area contributed by atoms with Crippen molar-refractivity contribution in [3.05, 3.63) is 64.7 Å². The van der Waals surface area contributed by atoms with Crippen molar-refractivity contribution in [1.29, 1.82) is 0 Å². The minimum absolute atomic E-state index is 0.151. The van der Waals surface area contributed by atoms with E-state index in [1.807, 2.05) is 18.2 Å². The summed E-state index contributed by atoms with van der Waals surface area (Å²) in [6.45, 7) is 4.28. The van der Waals surface area contributed by atoms with Crippen molar-refractivity contribution in [1.82, 2.24) is 5.32 Å². The summed E-state index contributed by atoms with van der Waals surface area (Å²) < 4.78 is 0. The second-order valence-corrected chi connectivity index (χ2v) is 5.91. The maximum Gasteiger partial charge on any atom is 0.0831 e. The van der Waals surface area contributed by atoms with Crippen LogP contribution in [-0.4, -0.2) is 5.66 Å². The van der Waals surface area contributed by atoms with Crippen LogP contribution in [-0.2, 0) is 0 Å². The van der Waals surface area contributed by atoms with Crippen LogP contribution in [0.2, 0.25) is 5.02 Å². The third-order valence-corrected chi connectivity index (χ3v) is 3.64. The molecule has 0 unspecified atom stereocenters. The van der Waals surface area contributed by atoms with Crippen molar-refractivity contribution in [2.24, 2.45) is 0 Å². The predicted molar refractivity (Wildman–Crippen MR) is 80.6 cm³/mol. The molecule has 0 fully saturated rings. The molecule has 0 saturated heterocycles. The number of benzene rings is 2. The lowest BCUT2D eigenvalue weighted by molar-refractivity contribution is 0.387. The second kappa shape index (κ2) is 4.55. The number of hydrogen-bond donors (Lipinski definition) is 2. The number of fused-ring (bicyclic) bond motifs is 1. The van der Waals surface area contributed by atoms with E-state index < -0.39 is 0 Å². The van der Waals surface area contributed by atoms with Crippen molar-refractivity contribution in [3.63, 3.8) is 0 Å². The van der Waals surface area contributed by atoms with Crippen molar-refractivity contribution in [2.75, 3.05) is 5.32 Å². The van der Waals surface area contributed by atoms with Crippen LogP contribution in [0.3, 0.4) is 0 Å². The van der Waals surface area contributed by atoms with Crippen molar-refractivity contribution in [2.45, 2.75) is 25.6 Å². The predicted octanol–water partition coefficient (Wildman–Crippen LogP) is 4.18. The average molecular weight is 273 g/mol. The fourth-order valence-electron chi connectivity index (χ4n) is 2.61. The summed E-state index contributed by atoms with van der Waals surface area (Å²) in [6.07, 6.45) is 0. The zero-order valence-corrected chi connectivity index (χ0v) is 11.8. The van der Waals surface area contributed by atoms with E-state index in [-0.39, 0.29) is 11.7 Å². The molecule has 2 aromatic rings. The highest BCUT2D eigenvalue weighted by Gasteiger charge is 2.31. The molecular weight excluding hydrogens is 256 g/mol. The third kappa shape index (κ3) is 2.46. The molecule has 0 saturated carbocycles. The maximum absolute atomic E-state index is 6.14. The molecule has 1 aliphatic heterocycles. The molecule has 0 amide bonds. The number of rotatable bonds is 1. The Labute approximate surface area is 118 Å². The van der Waals surface area contributed by atoms with Crippen LogP contribution in [0.15, 0.2) is 48.5 Å². The Morgan fingerprint density at radius 1 is 1.05 bits per heavy atom. The first kappa shape index (κ1) is 12.5. The van der Waals surface area contributed by atoms with Crippen LogP contribution >= 0.6 is 11.6 Å². The molecule has 19 heavy (non-hydrogen) atoms. The van der Waals surface area contributed by atoms with Gasteiger partial charge in [-0.05, 0) is 43.2 Å². The zero-order chi connectivity index (χ0) is 13.5. The van der Waals surface area contributed by atoms with Crippen LogP contribution in [0, 0.1) is 0 Å². The average Bonchev–Trinajstić information content (AvgIpc) is 2.39. The van der Waals surface area contributed by atoms with E-state index in [2.05, 4.69) is 54.8 Å². The van der Waals surface area contributed by atoms with Gasteiger partial charge in [0.2, 0.25) is 0 Å². The Bertz CT molecular complexity index is 593. The van der Waals surface area contributed by atoms with E-state index >= 15 is 0 Å². The van der Waals surface area contributed by atoms with Gasteiger partial charge < -0.3 is 5.32 Å². The number of anilines is 1. The highest BCUT2D eigenvalue weighted by atomic mass is 35.5. The van der Waals surface area contributed by atoms with Crippen LogP contribution in [0.4, 0.5) is 5.69 Å². The first-order valence-corrected chi connectivity index (χ1v) is 6.83. The standard InChI is InChI=1S/C16H17ClN2/c1-16(2)18-14-9-8-12(17)10-13(14)15(19-16)11-6-4-3-5-7-11/h3-10,15,18-19H,1-2H3/t15-/m0/s1. The monoisotopic (exact) mass is 272 g/mol. The molecule has 0 aromatic heterocycles. The summed E-state index contributed by atoms with van der Waals surface area (Å²) in [5.74, 6) is 0. The topological polar surface area (TPSA) is 24.1 Å². The lowest BCUT2D eigenvalue weighted by Crippen LogP contribution is -2.51. The molecule has 3 heteroatoms. The van der Waals surface area contributed by atoms with E-state index in [0.29, 0.717) is 0 Å². The Balaban J connectivity index is 2.12. The molecule has 2 aromatic carbocycles. The summed E-state index contributed by atoms with van der Waals surface area (Å²) in [4.78, 5) is 0. The third-order valence-electron chi connectivity index (χ3n) is 3.41. The fourth-order valence-corrected chi connectivity index (χ4v) is 2.79. The summed E-state index contributed by atoms with van der Waals surface area (Å²) in [6, 6.07) is 16.6. The van der Waals surface area contributed by atoms with Crippen molar-refractivity contribution in [3.8, 4) is 0 Å². The minimum Gasteiger partial charge on any atom is -0.367 e. The van der Waals surface area contributed by atoms with Crippen molar-refractivity contribution >= 4 is 17.3 Å². The number of nitrogens with one attached hydrogen (secondary N) is 2. The lowest BCUT2D eigenvalue weighted by Gasteiger charge is -2.40. The van der Waals surface area contributed by atoms with Gasteiger partial charge in [-0.3, -0.25) is 5.32 Å². The van der Waals surface area contributed by atoms with E-state index in [4.69, 9.17) is 11.6 Å². The van der Waals surface area contributed by atoms with Gasteiger partial charge in [0.05, 0.1) is 11.7 Å². The molecule has 1 aliphatic rings. The molecule has 1 heterocycles. The molecule has 2 N–H and O–H groups in total. The van der Waals surface area contributed by atoms with E-state index in [0.717, 1.165) is 10.7 Å². The molecule has 0 bridgehead atoms. The van der Waals surface area contributed by atoms with Gasteiger partial charge >= 0.3 is 0 Å². The smallest absolute Gasteiger partial charge is 0.0831 e. The minimum atomic E-state index is -0.151. The Morgan fingerprint density at radius 2 is 1.79 bits per heavy atom. The number of hydrogen-bond acceptors (Lipinski definition) is 2. The molecule has 98 valence electrons. The van der Waals surface area contributed by atoms with E-state index in [9.17, 15) is 0 Å². The molecule has 1 atom stereocenters. The highest BCUT2D eigenvalue weighted by Crippen LogP contribution is 2.36. The number of halogens is 1. The molecule has 0 radical (unpaired) electrons. The van der Waals surface area contributed by atoms with E-state index in [1.54, 1.807) is 0 Å². The van der Waals surface area contributed by atoms with Gasteiger partial charge in [-0.1, -0.05) is 41.9 Å². The molecular formula is C16H17ClN2. The van der Waals surface area contributed by atoms with Gasteiger partial charge in [0, 0.05) is 10.7 Å². The maximum atomic E-state index is 6.14. The van der Waals surface area contributed by atoms with E-state index in [1.165, 1.54) is 11.1 Å². The Hall–Kier alpha value is -1.51. The van der Waals surface area contributed by atoms with Gasteiger partial charge in [-0.15, -0.1) is 0 Å². The van der Waals surface area contributed by atoms with Gasteiger partial charge in [-0.2, -0.15) is 0 Å². The summed E-state index contributed by atoms with van der Waals surface area (Å²) in [5.41, 5.74) is 3.43.